The van der Waals surface area contributed by atoms with E-state index in [9.17, 15) is 9.59 Å². The van der Waals surface area contributed by atoms with Crippen LogP contribution in [-0.4, -0.2) is 24.1 Å². The molecule has 0 N–H and O–H groups in total. The Balaban J connectivity index is 1.94. The molecular weight excluding hydrogens is 326 g/mol. The summed E-state index contributed by atoms with van der Waals surface area (Å²) in [7, 11) is 0. The fourth-order valence-electron chi connectivity index (χ4n) is 3.96. The third-order valence-electron chi connectivity index (χ3n) is 5.02. The molecule has 0 amide bonds. The first kappa shape index (κ1) is 16.5. The minimum absolute atomic E-state index is 0.0162. The van der Waals surface area contributed by atoms with Gasteiger partial charge in [-0.25, -0.2) is 4.79 Å². The lowest BCUT2D eigenvalue weighted by molar-refractivity contribution is -0.139. The van der Waals surface area contributed by atoms with Gasteiger partial charge in [-0.2, -0.15) is 0 Å². The van der Waals surface area contributed by atoms with Crippen molar-refractivity contribution < 1.29 is 14.3 Å². The number of rotatable bonds is 3. The largest absolute Gasteiger partial charge is 0.463 e. The number of carbonyl (C=O) groups excluding carboxylic acids is 2. The lowest BCUT2D eigenvalue weighted by atomic mass is 9.75. The summed E-state index contributed by atoms with van der Waals surface area (Å²) in [5.74, 6) is -1.26. The van der Waals surface area contributed by atoms with Gasteiger partial charge in [0.25, 0.3) is 0 Å². The second-order valence-corrected chi connectivity index (χ2v) is 6.49. The van der Waals surface area contributed by atoms with Crippen molar-refractivity contribution in [1.82, 2.24) is 0 Å². The van der Waals surface area contributed by atoms with Crippen LogP contribution >= 0.6 is 0 Å². The number of ether oxygens (including phenoxy) is 1. The second kappa shape index (κ2) is 6.37. The molecule has 2 atom stereocenters. The maximum Gasteiger partial charge on any atom is 0.336 e. The number of esters is 1. The molecule has 4 heteroatoms. The molecule has 2 unspecified atom stereocenters. The highest BCUT2D eigenvalue weighted by molar-refractivity contribution is 6.30. The Hall–Kier alpha value is -3.01. The highest BCUT2D eigenvalue weighted by Crippen LogP contribution is 2.45. The van der Waals surface area contributed by atoms with Crippen LogP contribution in [-0.2, 0) is 9.53 Å². The summed E-state index contributed by atoms with van der Waals surface area (Å²) in [5.41, 5.74) is 4.32. The van der Waals surface area contributed by atoms with E-state index in [0.29, 0.717) is 16.8 Å². The molecule has 0 saturated carbocycles. The van der Waals surface area contributed by atoms with E-state index in [4.69, 9.17) is 4.74 Å². The zero-order valence-corrected chi connectivity index (χ0v) is 14.7. The SMILES string of the molecule is CCOC(=O)C1=C(C)N=C2c3ccccc3C(=O)C2C1c1ccccc1. The van der Waals surface area contributed by atoms with E-state index in [1.165, 1.54) is 0 Å². The van der Waals surface area contributed by atoms with Gasteiger partial charge in [0.2, 0.25) is 0 Å². The third kappa shape index (κ3) is 2.41. The van der Waals surface area contributed by atoms with Crippen molar-refractivity contribution in [3.63, 3.8) is 0 Å². The Kier molecular flexibility index (Phi) is 4.03. The van der Waals surface area contributed by atoms with Crippen molar-refractivity contribution in [3.8, 4) is 0 Å². The van der Waals surface area contributed by atoms with Gasteiger partial charge in [-0.3, -0.25) is 9.79 Å². The van der Waals surface area contributed by atoms with Crippen LogP contribution in [0.3, 0.4) is 0 Å². The van der Waals surface area contributed by atoms with Gasteiger partial charge in [-0.1, -0.05) is 54.6 Å². The molecule has 0 spiro atoms. The van der Waals surface area contributed by atoms with E-state index < -0.39 is 11.9 Å². The normalized spacial score (nSPS) is 21.2. The highest BCUT2D eigenvalue weighted by atomic mass is 16.5. The molecule has 4 rings (SSSR count). The van der Waals surface area contributed by atoms with Gasteiger partial charge in [0.15, 0.2) is 5.78 Å². The molecule has 1 aliphatic carbocycles. The Labute approximate surface area is 152 Å². The smallest absolute Gasteiger partial charge is 0.336 e. The number of benzene rings is 2. The summed E-state index contributed by atoms with van der Waals surface area (Å²) in [5, 5.41) is 0. The summed E-state index contributed by atoms with van der Waals surface area (Å²) in [4.78, 5) is 30.6. The minimum atomic E-state index is -0.488. The zero-order valence-electron chi connectivity index (χ0n) is 14.7. The van der Waals surface area contributed by atoms with Crippen LogP contribution in [0.4, 0.5) is 0 Å². The van der Waals surface area contributed by atoms with Crippen LogP contribution in [0.15, 0.2) is 70.9 Å². The fourth-order valence-corrected chi connectivity index (χ4v) is 3.96. The monoisotopic (exact) mass is 345 g/mol. The standard InChI is InChI=1S/C22H19NO3/c1-3-26-22(25)17-13(2)23-20-15-11-7-8-12-16(15)21(24)19(20)18(17)14-9-5-4-6-10-14/h4-12,18-19H,3H2,1-2H3. The fraction of sp³-hybridized carbons (Fsp3) is 0.227. The molecule has 2 aromatic carbocycles. The molecule has 4 nitrogen and oxygen atoms in total. The van der Waals surface area contributed by atoms with Gasteiger partial charge in [-0.15, -0.1) is 0 Å². The number of allylic oxidation sites excluding steroid dienone is 1. The Bertz CT molecular complexity index is 956. The van der Waals surface area contributed by atoms with Crippen molar-refractivity contribution in [1.29, 1.82) is 0 Å². The van der Waals surface area contributed by atoms with Gasteiger partial charge < -0.3 is 4.74 Å². The van der Waals surface area contributed by atoms with Crippen molar-refractivity contribution in [2.24, 2.45) is 10.9 Å². The minimum Gasteiger partial charge on any atom is -0.463 e. The van der Waals surface area contributed by atoms with Crippen LogP contribution in [0.5, 0.6) is 0 Å². The van der Waals surface area contributed by atoms with E-state index in [1.54, 1.807) is 6.92 Å². The molecule has 0 saturated heterocycles. The molecule has 130 valence electrons. The van der Waals surface area contributed by atoms with Crippen LogP contribution in [0.2, 0.25) is 0 Å². The molecule has 2 aromatic rings. The number of Topliss-reactive ketones (excluding diaryl/α,β-unsaturated/α-hetero) is 1. The summed E-state index contributed by atoms with van der Waals surface area (Å²) < 4.78 is 5.29. The third-order valence-corrected chi connectivity index (χ3v) is 5.02. The quantitative estimate of drug-likeness (QED) is 0.792. The number of fused-ring (bicyclic) bond motifs is 3. The average Bonchev–Trinajstić information content (AvgIpc) is 2.94. The van der Waals surface area contributed by atoms with Gasteiger partial charge in [-0.05, 0) is 19.4 Å². The number of carbonyl (C=O) groups is 2. The summed E-state index contributed by atoms with van der Waals surface area (Å²) in [6.07, 6.45) is 0. The van der Waals surface area contributed by atoms with Gasteiger partial charge in [0.05, 0.1) is 23.8 Å². The maximum atomic E-state index is 13.2. The van der Waals surface area contributed by atoms with Crippen LogP contribution in [0.25, 0.3) is 0 Å². The van der Waals surface area contributed by atoms with Gasteiger partial charge in [0.1, 0.15) is 0 Å². The number of hydrogen-bond donors (Lipinski definition) is 0. The van der Waals surface area contributed by atoms with Crippen molar-refractivity contribution in [3.05, 3.63) is 82.6 Å². The average molecular weight is 345 g/mol. The van der Waals surface area contributed by atoms with E-state index in [0.717, 1.165) is 16.8 Å². The van der Waals surface area contributed by atoms with Crippen molar-refractivity contribution >= 4 is 17.5 Å². The first-order chi connectivity index (χ1) is 12.6. The number of aliphatic imine (C=N–C) groups is 1. The molecule has 2 aliphatic rings. The zero-order chi connectivity index (χ0) is 18.3. The predicted octanol–water partition coefficient (Wildman–Crippen LogP) is 3.92. The molecule has 0 radical (unpaired) electrons. The summed E-state index contributed by atoms with van der Waals surface area (Å²) in [6, 6.07) is 17.2. The summed E-state index contributed by atoms with van der Waals surface area (Å²) in [6.45, 7) is 3.88. The highest BCUT2D eigenvalue weighted by Gasteiger charge is 2.47. The van der Waals surface area contributed by atoms with Gasteiger partial charge >= 0.3 is 5.97 Å². The molecule has 0 bridgehead atoms. The van der Waals surface area contributed by atoms with E-state index in [-0.39, 0.29) is 18.3 Å². The van der Waals surface area contributed by atoms with E-state index in [1.807, 2.05) is 61.5 Å². The molecule has 1 heterocycles. The molecular formula is C22H19NO3. The molecule has 0 fully saturated rings. The Morgan fingerprint density at radius 1 is 1.00 bits per heavy atom. The van der Waals surface area contributed by atoms with Crippen molar-refractivity contribution in [2.45, 2.75) is 19.8 Å². The topological polar surface area (TPSA) is 55.7 Å². The second-order valence-electron chi connectivity index (χ2n) is 6.49. The Morgan fingerprint density at radius 2 is 1.65 bits per heavy atom. The Morgan fingerprint density at radius 3 is 2.35 bits per heavy atom. The number of hydrogen-bond acceptors (Lipinski definition) is 4. The van der Waals surface area contributed by atoms with Crippen LogP contribution < -0.4 is 0 Å². The lowest BCUT2D eigenvalue weighted by Crippen LogP contribution is -2.32. The molecule has 26 heavy (non-hydrogen) atoms. The van der Waals surface area contributed by atoms with Crippen LogP contribution in [0, 0.1) is 5.92 Å². The number of nitrogens with zero attached hydrogens (tertiary/aromatic N) is 1. The molecule has 0 aromatic heterocycles. The van der Waals surface area contributed by atoms with Crippen LogP contribution in [0.1, 0.15) is 41.3 Å². The van der Waals surface area contributed by atoms with Crippen molar-refractivity contribution in [2.75, 3.05) is 6.61 Å². The molecule has 1 aliphatic heterocycles. The maximum absolute atomic E-state index is 13.2. The van der Waals surface area contributed by atoms with E-state index >= 15 is 0 Å². The summed E-state index contributed by atoms with van der Waals surface area (Å²) >= 11 is 0. The lowest BCUT2D eigenvalue weighted by Gasteiger charge is -2.29. The first-order valence-electron chi connectivity index (χ1n) is 8.78. The number of ketones is 1. The predicted molar refractivity (Wildman–Crippen MR) is 99.3 cm³/mol. The first-order valence-corrected chi connectivity index (χ1v) is 8.78. The van der Waals surface area contributed by atoms with Gasteiger partial charge in [0, 0.05) is 22.7 Å². The van der Waals surface area contributed by atoms with E-state index in [2.05, 4.69) is 4.99 Å².